The number of likely N-dealkylation sites (tertiary alicyclic amines) is 1. The van der Waals surface area contributed by atoms with Crippen LogP contribution >= 0.6 is 0 Å². The van der Waals surface area contributed by atoms with Crippen LogP contribution in [0.5, 0.6) is 0 Å². The fourth-order valence-corrected chi connectivity index (χ4v) is 2.98. The molecule has 1 aromatic rings. The molecule has 0 aromatic heterocycles. The minimum absolute atomic E-state index is 0.178. The van der Waals surface area contributed by atoms with Gasteiger partial charge in [0.15, 0.2) is 0 Å². The first kappa shape index (κ1) is 17.5. The van der Waals surface area contributed by atoms with E-state index in [0.717, 1.165) is 23.1 Å². The van der Waals surface area contributed by atoms with Crippen molar-refractivity contribution in [3.63, 3.8) is 0 Å². The molecule has 4 heteroatoms. The van der Waals surface area contributed by atoms with E-state index in [1.165, 1.54) is 12.1 Å². The lowest BCUT2D eigenvalue weighted by Gasteiger charge is -2.29. The first-order valence-electron chi connectivity index (χ1n) is 7.99. The topological polar surface area (TPSA) is 29.5 Å². The van der Waals surface area contributed by atoms with Gasteiger partial charge in [0.05, 0.1) is 6.04 Å². The lowest BCUT2D eigenvalue weighted by molar-refractivity contribution is 0.0220. The minimum atomic E-state index is -0.556. The highest BCUT2D eigenvalue weighted by atomic mass is 19.1. The molecule has 0 spiro atoms. The van der Waals surface area contributed by atoms with Crippen LogP contribution in [0.2, 0.25) is 0 Å². The van der Waals surface area contributed by atoms with Crippen LogP contribution in [0, 0.1) is 18.7 Å². The van der Waals surface area contributed by atoms with Crippen LogP contribution in [0.3, 0.4) is 0 Å². The van der Waals surface area contributed by atoms with Crippen molar-refractivity contribution < 1.29 is 13.9 Å². The van der Waals surface area contributed by atoms with E-state index in [0.29, 0.717) is 6.54 Å². The molecule has 2 rings (SSSR count). The molecule has 0 N–H and O–H groups in total. The average Bonchev–Trinajstić information content (AvgIpc) is 2.84. The van der Waals surface area contributed by atoms with Crippen LogP contribution < -0.4 is 0 Å². The summed E-state index contributed by atoms with van der Waals surface area (Å²) in [5, 5.41) is 0. The van der Waals surface area contributed by atoms with Crippen molar-refractivity contribution >= 4 is 6.09 Å². The van der Waals surface area contributed by atoms with Gasteiger partial charge in [-0.05, 0) is 70.2 Å². The fraction of sp³-hybridized carbons (Fsp3) is 0.526. The third-order valence-electron chi connectivity index (χ3n) is 4.23. The zero-order valence-corrected chi connectivity index (χ0v) is 14.6. The van der Waals surface area contributed by atoms with E-state index in [-0.39, 0.29) is 23.9 Å². The molecule has 0 unspecified atom stereocenters. The number of carbonyl (C=O) groups is 1. The second-order valence-electron chi connectivity index (χ2n) is 7.43. The monoisotopic (exact) mass is 319 g/mol. The quantitative estimate of drug-likeness (QED) is 0.717. The number of ether oxygens (including phenoxy) is 1. The van der Waals surface area contributed by atoms with Gasteiger partial charge in [0, 0.05) is 6.54 Å². The SMILES string of the molecule is C=C(C)[C@H]1C[C@H](c2cc(F)ccc2C)N(C(=O)OC(C)(C)C)C1. The van der Waals surface area contributed by atoms with E-state index in [9.17, 15) is 9.18 Å². The highest BCUT2D eigenvalue weighted by molar-refractivity contribution is 5.69. The molecule has 0 bridgehead atoms. The van der Waals surface area contributed by atoms with Gasteiger partial charge in [-0.3, -0.25) is 0 Å². The van der Waals surface area contributed by atoms with E-state index in [2.05, 4.69) is 6.58 Å². The third kappa shape index (κ3) is 4.12. The van der Waals surface area contributed by atoms with Gasteiger partial charge in [0.1, 0.15) is 11.4 Å². The molecule has 1 fully saturated rings. The Hall–Kier alpha value is -1.84. The highest BCUT2D eigenvalue weighted by Gasteiger charge is 2.39. The van der Waals surface area contributed by atoms with E-state index < -0.39 is 5.60 Å². The Morgan fingerprint density at radius 1 is 1.39 bits per heavy atom. The van der Waals surface area contributed by atoms with Crippen molar-refractivity contribution in [3.8, 4) is 0 Å². The number of halogens is 1. The van der Waals surface area contributed by atoms with Gasteiger partial charge >= 0.3 is 6.09 Å². The zero-order chi connectivity index (χ0) is 17.4. The summed E-state index contributed by atoms with van der Waals surface area (Å²) in [6.45, 7) is 14.0. The molecular weight excluding hydrogens is 293 g/mol. The molecule has 126 valence electrons. The maximum Gasteiger partial charge on any atom is 0.410 e. The zero-order valence-electron chi connectivity index (χ0n) is 14.6. The summed E-state index contributed by atoms with van der Waals surface area (Å²) in [5.74, 6) is -0.0799. The van der Waals surface area contributed by atoms with Gasteiger partial charge < -0.3 is 9.64 Å². The molecule has 2 atom stereocenters. The van der Waals surface area contributed by atoms with Crippen molar-refractivity contribution in [3.05, 3.63) is 47.3 Å². The first-order chi connectivity index (χ1) is 10.6. The average molecular weight is 319 g/mol. The van der Waals surface area contributed by atoms with Gasteiger partial charge in [-0.1, -0.05) is 18.2 Å². The number of rotatable bonds is 2. The Balaban J connectivity index is 2.35. The maximum absolute atomic E-state index is 13.7. The first-order valence-corrected chi connectivity index (χ1v) is 7.99. The Labute approximate surface area is 138 Å². The largest absolute Gasteiger partial charge is 0.444 e. The Morgan fingerprint density at radius 2 is 2.04 bits per heavy atom. The lowest BCUT2D eigenvalue weighted by Crippen LogP contribution is -2.37. The number of carbonyl (C=O) groups excluding carboxylic acids is 1. The van der Waals surface area contributed by atoms with Gasteiger partial charge in [-0.25, -0.2) is 9.18 Å². The number of hydrogen-bond acceptors (Lipinski definition) is 2. The smallest absolute Gasteiger partial charge is 0.410 e. The van der Waals surface area contributed by atoms with Gasteiger partial charge in [-0.15, -0.1) is 0 Å². The van der Waals surface area contributed by atoms with Crippen molar-refractivity contribution in [2.75, 3.05) is 6.54 Å². The Morgan fingerprint density at radius 3 is 2.61 bits per heavy atom. The summed E-state index contributed by atoms with van der Waals surface area (Å²) >= 11 is 0. The molecule has 0 saturated carbocycles. The summed E-state index contributed by atoms with van der Waals surface area (Å²) in [7, 11) is 0. The van der Waals surface area contributed by atoms with Crippen molar-refractivity contribution in [2.45, 2.75) is 52.7 Å². The van der Waals surface area contributed by atoms with Gasteiger partial charge in [0.25, 0.3) is 0 Å². The van der Waals surface area contributed by atoms with Crippen LogP contribution in [0.15, 0.2) is 30.4 Å². The van der Waals surface area contributed by atoms with Crippen LogP contribution in [-0.2, 0) is 4.74 Å². The molecule has 1 aliphatic rings. The van der Waals surface area contributed by atoms with Crippen LogP contribution in [0.25, 0.3) is 0 Å². The van der Waals surface area contributed by atoms with Crippen molar-refractivity contribution in [1.82, 2.24) is 4.90 Å². The van der Waals surface area contributed by atoms with Crippen molar-refractivity contribution in [2.24, 2.45) is 5.92 Å². The van der Waals surface area contributed by atoms with Crippen LogP contribution in [0.4, 0.5) is 9.18 Å². The standard InChI is InChI=1S/C19H26FNO2/c1-12(2)14-9-17(16-10-15(20)8-7-13(16)3)21(11-14)18(22)23-19(4,5)6/h7-8,10,14,17H,1,9,11H2,2-6H3/t14-,17+/m0/s1. The third-order valence-corrected chi connectivity index (χ3v) is 4.23. The number of nitrogens with zero attached hydrogens (tertiary/aromatic N) is 1. The summed E-state index contributed by atoms with van der Waals surface area (Å²) in [6, 6.07) is 4.55. The second-order valence-corrected chi connectivity index (χ2v) is 7.43. The fourth-order valence-electron chi connectivity index (χ4n) is 2.98. The molecule has 1 aromatic carbocycles. The number of aryl methyl sites for hydroxylation is 1. The van der Waals surface area contributed by atoms with Crippen molar-refractivity contribution in [1.29, 1.82) is 0 Å². The summed E-state index contributed by atoms with van der Waals surface area (Å²) in [5.41, 5.74) is 2.31. The van der Waals surface area contributed by atoms with E-state index >= 15 is 0 Å². The van der Waals surface area contributed by atoms with E-state index in [1.807, 2.05) is 34.6 Å². The molecule has 1 amide bonds. The summed E-state index contributed by atoms with van der Waals surface area (Å²) in [4.78, 5) is 14.3. The molecular formula is C19H26FNO2. The Bertz CT molecular complexity index is 618. The van der Waals surface area contributed by atoms with Crippen LogP contribution in [0.1, 0.15) is 51.3 Å². The Kier molecular flexibility index (Phi) is 4.83. The number of benzene rings is 1. The summed E-state index contributed by atoms with van der Waals surface area (Å²) in [6.07, 6.45) is 0.397. The maximum atomic E-state index is 13.7. The predicted octanol–water partition coefficient (Wildman–Crippen LogP) is 5.01. The molecule has 1 saturated heterocycles. The molecule has 0 radical (unpaired) electrons. The molecule has 3 nitrogen and oxygen atoms in total. The van der Waals surface area contributed by atoms with Gasteiger partial charge in [0.2, 0.25) is 0 Å². The number of amides is 1. The molecule has 1 heterocycles. The lowest BCUT2D eigenvalue weighted by atomic mass is 9.93. The minimum Gasteiger partial charge on any atom is -0.444 e. The molecule has 0 aliphatic carbocycles. The van der Waals surface area contributed by atoms with E-state index in [4.69, 9.17) is 4.74 Å². The number of hydrogen-bond donors (Lipinski definition) is 0. The predicted molar refractivity (Wildman–Crippen MR) is 89.7 cm³/mol. The second kappa shape index (κ2) is 6.34. The molecule has 23 heavy (non-hydrogen) atoms. The summed E-state index contributed by atoms with van der Waals surface area (Å²) < 4.78 is 19.2. The normalized spacial score (nSPS) is 21.4. The van der Waals surface area contributed by atoms with Gasteiger partial charge in [-0.2, -0.15) is 0 Å². The van der Waals surface area contributed by atoms with Crippen LogP contribution in [-0.4, -0.2) is 23.1 Å². The highest BCUT2D eigenvalue weighted by Crippen LogP contribution is 2.40. The molecule has 1 aliphatic heterocycles. The van der Waals surface area contributed by atoms with E-state index in [1.54, 1.807) is 11.0 Å².